The second kappa shape index (κ2) is 5.49. The zero-order valence-electron chi connectivity index (χ0n) is 9.13. The van der Waals surface area contributed by atoms with Gasteiger partial charge in [-0.25, -0.2) is 13.6 Å². The number of ketones is 1. The summed E-state index contributed by atoms with van der Waals surface area (Å²) in [7, 11) is 1.04. The number of ether oxygens (including phenoxy) is 1. The predicted molar refractivity (Wildman–Crippen MR) is 55.7 cm³/mol. The summed E-state index contributed by atoms with van der Waals surface area (Å²) in [4.78, 5) is 22.6. The average molecular weight is 243 g/mol. The highest BCUT2D eigenvalue weighted by Gasteiger charge is 2.19. The fourth-order valence-electron chi connectivity index (χ4n) is 1.28. The number of carbonyl (C=O) groups is 2. The first-order chi connectivity index (χ1) is 8.01. The Bertz CT molecular complexity index is 460. The Hall–Kier alpha value is -1.82. The zero-order valence-corrected chi connectivity index (χ0v) is 9.13. The number of methoxy groups -OCH3 is 1. The van der Waals surface area contributed by atoms with Crippen LogP contribution in [-0.2, 0) is 4.74 Å². The van der Waals surface area contributed by atoms with Crippen LogP contribution >= 0.6 is 0 Å². The molecule has 0 amide bonds. The van der Waals surface area contributed by atoms with Crippen LogP contribution in [0.1, 0.15) is 27.1 Å². The van der Waals surface area contributed by atoms with Crippen molar-refractivity contribution >= 4 is 11.8 Å². The molecule has 0 atom stereocenters. The average Bonchev–Trinajstić information content (AvgIpc) is 2.31. The highest BCUT2D eigenvalue weighted by atomic mass is 19.2. The van der Waals surface area contributed by atoms with Crippen molar-refractivity contribution in [3.8, 4) is 0 Å². The van der Waals surface area contributed by atoms with E-state index in [1.54, 1.807) is 0 Å². The third-order valence-corrected chi connectivity index (χ3v) is 2.13. The van der Waals surface area contributed by atoms with Gasteiger partial charge >= 0.3 is 5.97 Å². The summed E-state index contributed by atoms with van der Waals surface area (Å²) in [5, 5.41) is 0. The maximum atomic E-state index is 13.3. The fourth-order valence-corrected chi connectivity index (χ4v) is 1.28. The van der Waals surface area contributed by atoms with Crippen LogP contribution in [0.4, 0.5) is 8.78 Å². The number of Topliss-reactive ketones (excluding diaryl/α,β-unsaturated/α-hetero) is 1. The van der Waals surface area contributed by atoms with Crippen LogP contribution in [0.25, 0.3) is 0 Å². The predicted octanol–water partition coefficient (Wildman–Crippen LogP) is 1.28. The van der Waals surface area contributed by atoms with Gasteiger partial charge in [-0.05, 0) is 18.7 Å². The van der Waals surface area contributed by atoms with Gasteiger partial charge in [-0.1, -0.05) is 0 Å². The second-order valence-corrected chi connectivity index (χ2v) is 3.27. The minimum atomic E-state index is -1.33. The first-order valence-corrected chi connectivity index (χ1v) is 4.82. The molecule has 0 unspecified atom stereocenters. The molecule has 1 rings (SSSR count). The molecule has 6 heteroatoms. The smallest absolute Gasteiger partial charge is 0.340 e. The van der Waals surface area contributed by atoms with Crippen LogP contribution in [0.15, 0.2) is 12.1 Å². The molecule has 0 saturated carbocycles. The van der Waals surface area contributed by atoms with Gasteiger partial charge in [0.1, 0.15) is 0 Å². The molecule has 0 aliphatic rings. The molecule has 0 spiro atoms. The highest BCUT2D eigenvalue weighted by Crippen LogP contribution is 2.17. The lowest BCUT2D eigenvalue weighted by molar-refractivity contribution is 0.0594. The number of hydrogen-bond donors (Lipinski definition) is 1. The lowest BCUT2D eigenvalue weighted by Gasteiger charge is -2.05. The summed E-state index contributed by atoms with van der Waals surface area (Å²) in [6.07, 6.45) is -0.00825. The monoisotopic (exact) mass is 243 g/mol. The Balaban J connectivity index is 3.23. The van der Waals surface area contributed by atoms with Gasteiger partial charge in [-0.15, -0.1) is 0 Å². The van der Waals surface area contributed by atoms with Gasteiger partial charge in [-0.2, -0.15) is 0 Å². The van der Waals surface area contributed by atoms with E-state index in [2.05, 4.69) is 4.74 Å². The summed E-state index contributed by atoms with van der Waals surface area (Å²) in [6, 6.07) is 1.70. The molecule has 0 fully saturated rings. The number of benzene rings is 1. The molecule has 0 aliphatic heterocycles. The molecular formula is C11H11F2NO3. The van der Waals surface area contributed by atoms with E-state index in [1.165, 1.54) is 0 Å². The van der Waals surface area contributed by atoms with Crippen molar-refractivity contribution in [1.29, 1.82) is 0 Å². The molecule has 92 valence electrons. The molecule has 4 nitrogen and oxygen atoms in total. The maximum Gasteiger partial charge on any atom is 0.340 e. The van der Waals surface area contributed by atoms with Crippen LogP contribution in [0.2, 0.25) is 0 Å². The van der Waals surface area contributed by atoms with Crippen molar-refractivity contribution in [2.24, 2.45) is 5.73 Å². The van der Waals surface area contributed by atoms with E-state index >= 15 is 0 Å². The molecule has 0 heterocycles. The number of rotatable bonds is 4. The van der Waals surface area contributed by atoms with Crippen LogP contribution in [-0.4, -0.2) is 25.4 Å². The molecule has 0 radical (unpaired) electrons. The van der Waals surface area contributed by atoms with Crippen molar-refractivity contribution in [1.82, 2.24) is 0 Å². The normalized spacial score (nSPS) is 10.1. The Kier molecular flexibility index (Phi) is 4.28. The molecule has 0 bridgehead atoms. The quantitative estimate of drug-likeness (QED) is 0.639. The number of nitrogens with two attached hydrogens (primary N) is 1. The van der Waals surface area contributed by atoms with E-state index in [-0.39, 0.29) is 18.5 Å². The largest absolute Gasteiger partial charge is 0.465 e. The van der Waals surface area contributed by atoms with Crippen LogP contribution in [0, 0.1) is 11.6 Å². The van der Waals surface area contributed by atoms with E-state index < -0.39 is 29.0 Å². The van der Waals surface area contributed by atoms with E-state index in [4.69, 9.17) is 5.73 Å². The lowest BCUT2D eigenvalue weighted by atomic mass is 10.0. The number of carbonyl (C=O) groups excluding carboxylic acids is 2. The minimum absolute atomic E-state index is 0.00825. The third-order valence-electron chi connectivity index (χ3n) is 2.13. The van der Waals surface area contributed by atoms with Crippen LogP contribution in [0.3, 0.4) is 0 Å². The van der Waals surface area contributed by atoms with Gasteiger partial charge in [0.2, 0.25) is 0 Å². The first kappa shape index (κ1) is 13.2. The minimum Gasteiger partial charge on any atom is -0.465 e. The number of hydrogen-bond acceptors (Lipinski definition) is 4. The summed E-state index contributed by atoms with van der Waals surface area (Å²) in [5.74, 6) is -4.10. The Labute approximate surface area is 96.4 Å². The maximum absolute atomic E-state index is 13.3. The first-order valence-electron chi connectivity index (χ1n) is 4.82. The van der Waals surface area contributed by atoms with Crippen molar-refractivity contribution in [2.75, 3.05) is 13.7 Å². The Morgan fingerprint density at radius 1 is 1.35 bits per heavy atom. The molecule has 1 aromatic rings. The molecule has 0 aromatic heterocycles. The van der Waals surface area contributed by atoms with E-state index in [1.807, 2.05) is 0 Å². The molecule has 0 saturated heterocycles. The zero-order chi connectivity index (χ0) is 13.0. The topological polar surface area (TPSA) is 69.4 Å². The van der Waals surface area contributed by atoms with Gasteiger partial charge in [-0.3, -0.25) is 4.79 Å². The van der Waals surface area contributed by atoms with Gasteiger partial charge in [0.25, 0.3) is 0 Å². The fraction of sp³-hybridized carbons (Fsp3) is 0.273. The van der Waals surface area contributed by atoms with E-state index in [9.17, 15) is 18.4 Å². The summed E-state index contributed by atoms with van der Waals surface area (Å²) in [5.41, 5.74) is 4.47. The van der Waals surface area contributed by atoms with Crippen molar-refractivity contribution in [3.05, 3.63) is 34.9 Å². The van der Waals surface area contributed by atoms with Crippen molar-refractivity contribution < 1.29 is 23.1 Å². The van der Waals surface area contributed by atoms with E-state index in [0.717, 1.165) is 19.2 Å². The van der Waals surface area contributed by atoms with Gasteiger partial charge in [0.15, 0.2) is 17.4 Å². The molecule has 2 N–H and O–H groups in total. The summed E-state index contributed by atoms with van der Waals surface area (Å²) in [6.45, 7) is 0.0887. The van der Waals surface area contributed by atoms with Crippen molar-refractivity contribution in [2.45, 2.75) is 6.42 Å². The van der Waals surface area contributed by atoms with E-state index in [0.29, 0.717) is 0 Å². The standard InChI is InChI=1S/C11H11F2NO3/c1-17-11(16)7-4-6(9(15)2-3-14)5-8(12)10(7)13/h4-5H,2-3,14H2,1H3. The van der Waals surface area contributed by atoms with Crippen LogP contribution < -0.4 is 5.73 Å². The summed E-state index contributed by atoms with van der Waals surface area (Å²) < 4.78 is 30.7. The second-order valence-electron chi connectivity index (χ2n) is 3.27. The molecule has 0 aliphatic carbocycles. The number of esters is 1. The molecule has 17 heavy (non-hydrogen) atoms. The number of halogens is 2. The lowest BCUT2D eigenvalue weighted by Crippen LogP contribution is -2.12. The molecular weight excluding hydrogens is 232 g/mol. The van der Waals surface area contributed by atoms with Gasteiger partial charge < -0.3 is 10.5 Å². The molecule has 1 aromatic carbocycles. The SMILES string of the molecule is COC(=O)c1cc(C(=O)CCN)cc(F)c1F. The Morgan fingerprint density at radius 2 is 2.00 bits per heavy atom. The third kappa shape index (κ3) is 2.85. The van der Waals surface area contributed by atoms with Gasteiger partial charge in [0.05, 0.1) is 12.7 Å². The van der Waals surface area contributed by atoms with Gasteiger partial charge in [0, 0.05) is 12.0 Å². The van der Waals surface area contributed by atoms with Crippen LogP contribution in [0.5, 0.6) is 0 Å². The van der Waals surface area contributed by atoms with Crippen molar-refractivity contribution in [3.63, 3.8) is 0 Å². The summed E-state index contributed by atoms with van der Waals surface area (Å²) >= 11 is 0. The highest BCUT2D eigenvalue weighted by molar-refractivity contribution is 5.99. The Morgan fingerprint density at radius 3 is 2.53 bits per heavy atom.